The van der Waals surface area contributed by atoms with Crippen LogP contribution in [0.2, 0.25) is 0 Å². The Morgan fingerprint density at radius 3 is 2.50 bits per heavy atom. The van der Waals surface area contributed by atoms with Gasteiger partial charge in [0.15, 0.2) is 5.96 Å². The zero-order chi connectivity index (χ0) is 21.6. The lowest BCUT2D eigenvalue weighted by Crippen LogP contribution is -2.45. The quantitative estimate of drug-likeness (QED) is 0.302. The number of aryl methyl sites for hydroxylation is 2. The van der Waals surface area contributed by atoms with Crippen molar-refractivity contribution < 1.29 is 4.42 Å². The lowest BCUT2D eigenvalue weighted by molar-refractivity contribution is 0.166. The van der Waals surface area contributed by atoms with Crippen molar-refractivity contribution in [2.45, 2.75) is 84.3 Å². The normalized spacial score (nSPS) is 24.1. The molecule has 7 nitrogen and oxygen atoms in total. The van der Waals surface area contributed by atoms with Crippen LogP contribution in [0.4, 0.5) is 0 Å². The van der Waals surface area contributed by atoms with Crippen LogP contribution in [0.25, 0.3) is 0 Å². The first kappa shape index (κ1) is 25.7. The van der Waals surface area contributed by atoms with Crippen molar-refractivity contribution in [3.8, 4) is 0 Å². The molecule has 3 heterocycles. The summed E-state index contributed by atoms with van der Waals surface area (Å²) in [5.74, 6) is 3.47. The molecule has 3 aliphatic rings. The number of hydrogen-bond acceptors (Lipinski definition) is 5. The second kappa shape index (κ2) is 12.6. The molecule has 1 unspecified atom stereocenters. The van der Waals surface area contributed by atoms with E-state index in [4.69, 9.17) is 9.41 Å². The average molecular weight is 559 g/mol. The molecule has 0 bridgehead atoms. The number of oxazole rings is 1. The summed E-state index contributed by atoms with van der Waals surface area (Å²) in [6, 6.07) is 1.37. The Morgan fingerprint density at radius 2 is 1.84 bits per heavy atom. The monoisotopic (exact) mass is 558 g/mol. The van der Waals surface area contributed by atoms with E-state index < -0.39 is 0 Å². The SMILES string of the molecule is CCNC(=NCC1CCN(Cc2nc(C)c(C)o2)CC1)NC1CCN(C2CCCC2)C1.I. The maximum atomic E-state index is 5.76. The zero-order valence-electron chi connectivity index (χ0n) is 20.2. The Morgan fingerprint density at radius 1 is 1.09 bits per heavy atom. The highest BCUT2D eigenvalue weighted by molar-refractivity contribution is 14.0. The van der Waals surface area contributed by atoms with E-state index in [9.17, 15) is 0 Å². The standard InChI is InChI=1S/C24H42N6O.HI/c1-4-25-24(28-21-11-14-30(16-21)22-7-5-6-8-22)26-15-20-9-12-29(13-10-20)17-23-27-18(2)19(3)31-23;/h20-22H,4-17H2,1-3H3,(H2,25,26,28);1H. The van der Waals surface area contributed by atoms with E-state index >= 15 is 0 Å². The van der Waals surface area contributed by atoms with E-state index in [1.54, 1.807) is 0 Å². The van der Waals surface area contributed by atoms with Gasteiger partial charge in [-0.25, -0.2) is 4.98 Å². The first-order valence-corrected chi connectivity index (χ1v) is 12.5. The summed E-state index contributed by atoms with van der Waals surface area (Å²) in [5, 5.41) is 7.20. The molecule has 2 N–H and O–H groups in total. The molecule has 2 aliphatic heterocycles. The molecule has 1 atom stereocenters. The van der Waals surface area contributed by atoms with Crippen LogP contribution in [0, 0.1) is 19.8 Å². The van der Waals surface area contributed by atoms with Crippen LogP contribution < -0.4 is 10.6 Å². The third-order valence-electron chi connectivity index (χ3n) is 7.39. The largest absolute Gasteiger partial charge is 0.444 e. The molecular weight excluding hydrogens is 515 g/mol. The summed E-state index contributed by atoms with van der Waals surface area (Å²) in [4.78, 5) is 14.7. The first-order chi connectivity index (χ1) is 15.1. The summed E-state index contributed by atoms with van der Waals surface area (Å²) in [5.41, 5.74) is 1.01. The van der Waals surface area contributed by atoms with E-state index in [2.05, 4.69) is 32.3 Å². The number of piperidine rings is 1. The van der Waals surface area contributed by atoms with Crippen molar-refractivity contribution in [3.63, 3.8) is 0 Å². The molecule has 182 valence electrons. The van der Waals surface area contributed by atoms with E-state index in [0.29, 0.717) is 12.0 Å². The summed E-state index contributed by atoms with van der Waals surface area (Å²) < 4.78 is 5.76. The van der Waals surface area contributed by atoms with Crippen molar-refractivity contribution in [1.82, 2.24) is 25.4 Å². The second-order valence-corrected chi connectivity index (χ2v) is 9.75. The fraction of sp³-hybridized carbons (Fsp3) is 0.833. The number of likely N-dealkylation sites (tertiary alicyclic amines) is 2. The van der Waals surface area contributed by atoms with Gasteiger partial charge in [0.2, 0.25) is 5.89 Å². The summed E-state index contributed by atoms with van der Waals surface area (Å²) >= 11 is 0. The lowest BCUT2D eigenvalue weighted by atomic mass is 9.97. The highest BCUT2D eigenvalue weighted by atomic mass is 127. The predicted molar refractivity (Wildman–Crippen MR) is 141 cm³/mol. The van der Waals surface area contributed by atoms with Crippen molar-refractivity contribution in [2.24, 2.45) is 10.9 Å². The number of nitrogens with one attached hydrogen (secondary N) is 2. The molecule has 1 saturated carbocycles. The number of halogens is 1. The topological polar surface area (TPSA) is 68.9 Å². The third-order valence-corrected chi connectivity index (χ3v) is 7.39. The highest BCUT2D eigenvalue weighted by Crippen LogP contribution is 2.26. The van der Waals surface area contributed by atoms with Crippen LogP contribution in [-0.4, -0.2) is 72.1 Å². The molecule has 0 spiro atoms. The maximum Gasteiger partial charge on any atom is 0.208 e. The van der Waals surface area contributed by atoms with Crippen LogP contribution in [0.15, 0.2) is 9.41 Å². The minimum atomic E-state index is 0. The molecule has 0 radical (unpaired) electrons. The minimum absolute atomic E-state index is 0. The summed E-state index contributed by atoms with van der Waals surface area (Å²) in [6.07, 6.45) is 9.25. The first-order valence-electron chi connectivity index (χ1n) is 12.5. The number of rotatable bonds is 7. The number of hydrogen-bond donors (Lipinski definition) is 2. The smallest absolute Gasteiger partial charge is 0.208 e. The van der Waals surface area contributed by atoms with Crippen LogP contribution >= 0.6 is 24.0 Å². The maximum absolute atomic E-state index is 5.76. The van der Waals surface area contributed by atoms with E-state index in [0.717, 1.165) is 62.1 Å². The van der Waals surface area contributed by atoms with Crippen molar-refractivity contribution in [1.29, 1.82) is 0 Å². The van der Waals surface area contributed by atoms with Crippen LogP contribution in [0.5, 0.6) is 0 Å². The van der Waals surface area contributed by atoms with Gasteiger partial charge < -0.3 is 15.1 Å². The van der Waals surface area contributed by atoms with Gasteiger partial charge in [-0.1, -0.05) is 12.8 Å². The van der Waals surface area contributed by atoms with E-state index in [-0.39, 0.29) is 24.0 Å². The second-order valence-electron chi connectivity index (χ2n) is 9.75. The van der Waals surface area contributed by atoms with Crippen LogP contribution in [0.3, 0.4) is 0 Å². The third kappa shape index (κ3) is 7.06. The van der Waals surface area contributed by atoms with Crippen molar-refractivity contribution in [2.75, 3.05) is 39.3 Å². The number of aromatic nitrogens is 1. The molecule has 1 aromatic rings. The molecule has 8 heteroatoms. The Labute approximate surface area is 211 Å². The van der Waals surface area contributed by atoms with Gasteiger partial charge in [0.05, 0.1) is 12.2 Å². The summed E-state index contributed by atoms with van der Waals surface area (Å²) in [7, 11) is 0. The van der Waals surface area contributed by atoms with E-state index in [1.807, 2.05) is 13.8 Å². The van der Waals surface area contributed by atoms with Gasteiger partial charge in [-0.15, -0.1) is 24.0 Å². The number of aliphatic imine (C=N–C) groups is 1. The van der Waals surface area contributed by atoms with Gasteiger partial charge in [-0.05, 0) is 71.9 Å². The molecule has 0 aromatic carbocycles. The van der Waals surface area contributed by atoms with Gasteiger partial charge in [-0.2, -0.15) is 0 Å². The molecule has 3 fully saturated rings. The molecule has 2 saturated heterocycles. The molecule has 1 aromatic heterocycles. The Hall–Kier alpha value is -0.870. The Bertz CT molecular complexity index is 705. The molecular formula is C24H43IN6O. The van der Waals surface area contributed by atoms with Gasteiger partial charge in [0, 0.05) is 38.3 Å². The Balaban J connectivity index is 0.00000289. The fourth-order valence-corrected chi connectivity index (χ4v) is 5.37. The Kier molecular flexibility index (Phi) is 10.1. The molecule has 0 amide bonds. The van der Waals surface area contributed by atoms with Gasteiger partial charge in [0.25, 0.3) is 0 Å². The highest BCUT2D eigenvalue weighted by Gasteiger charge is 2.30. The minimum Gasteiger partial charge on any atom is -0.444 e. The molecule has 4 rings (SSSR count). The van der Waals surface area contributed by atoms with Crippen molar-refractivity contribution >= 4 is 29.9 Å². The van der Waals surface area contributed by atoms with Crippen LogP contribution in [-0.2, 0) is 6.54 Å². The number of nitrogens with zero attached hydrogens (tertiary/aromatic N) is 4. The average Bonchev–Trinajstić information content (AvgIpc) is 3.50. The molecule has 32 heavy (non-hydrogen) atoms. The number of guanidine groups is 1. The lowest BCUT2D eigenvalue weighted by Gasteiger charge is -2.30. The van der Waals surface area contributed by atoms with Crippen molar-refractivity contribution in [3.05, 3.63) is 17.3 Å². The van der Waals surface area contributed by atoms with E-state index in [1.165, 1.54) is 58.0 Å². The predicted octanol–water partition coefficient (Wildman–Crippen LogP) is 3.69. The molecule has 1 aliphatic carbocycles. The summed E-state index contributed by atoms with van der Waals surface area (Å²) in [6.45, 7) is 13.4. The van der Waals surface area contributed by atoms with Crippen LogP contribution in [0.1, 0.15) is 69.2 Å². The zero-order valence-corrected chi connectivity index (χ0v) is 22.6. The van der Waals surface area contributed by atoms with Gasteiger partial charge in [0.1, 0.15) is 5.76 Å². The fourth-order valence-electron chi connectivity index (χ4n) is 5.37. The van der Waals surface area contributed by atoms with Gasteiger partial charge in [-0.3, -0.25) is 14.8 Å². The van der Waals surface area contributed by atoms with Gasteiger partial charge >= 0.3 is 0 Å².